The second-order valence-electron chi connectivity index (χ2n) is 5.33. The molecule has 0 saturated carbocycles. The van der Waals surface area contributed by atoms with Gasteiger partial charge < -0.3 is 19.5 Å². The van der Waals surface area contributed by atoms with Crippen LogP contribution < -0.4 is 19.5 Å². The minimum absolute atomic E-state index is 0.177. The zero-order chi connectivity index (χ0) is 18.2. The number of amides is 1. The van der Waals surface area contributed by atoms with Crippen molar-refractivity contribution in [2.45, 2.75) is 11.8 Å². The van der Waals surface area contributed by atoms with Crippen LogP contribution in [0.25, 0.3) is 0 Å². The number of rotatable bonds is 8. The van der Waals surface area contributed by atoms with Crippen molar-refractivity contribution >= 4 is 17.7 Å². The number of methoxy groups -OCH3 is 3. The minimum Gasteiger partial charge on any atom is -0.493 e. The largest absolute Gasteiger partial charge is 0.493 e. The Bertz CT molecular complexity index is 691. The molecule has 0 unspecified atom stereocenters. The van der Waals surface area contributed by atoms with Crippen LogP contribution in [-0.4, -0.2) is 39.5 Å². The number of thioether (sulfide) groups is 1. The molecule has 0 saturated heterocycles. The van der Waals surface area contributed by atoms with Gasteiger partial charge in [0.1, 0.15) is 0 Å². The van der Waals surface area contributed by atoms with Crippen LogP contribution in [0.3, 0.4) is 0 Å². The lowest BCUT2D eigenvalue weighted by atomic mass is 10.1. The molecule has 1 amide bonds. The van der Waals surface area contributed by atoms with Gasteiger partial charge in [-0.25, -0.2) is 0 Å². The van der Waals surface area contributed by atoms with Gasteiger partial charge in [-0.2, -0.15) is 0 Å². The van der Waals surface area contributed by atoms with Gasteiger partial charge in [0.2, 0.25) is 5.75 Å². The number of aryl methyl sites for hydroxylation is 1. The van der Waals surface area contributed by atoms with Crippen LogP contribution in [0.5, 0.6) is 17.2 Å². The summed E-state index contributed by atoms with van der Waals surface area (Å²) >= 11 is 1.70. The highest BCUT2D eigenvalue weighted by molar-refractivity contribution is 7.99. The van der Waals surface area contributed by atoms with E-state index in [2.05, 4.69) is 36.5 Å². The van der Waals surface area contributed by atoms with Gasteiger partial charge in [-0.05, 0) is 31.2 Å². The van der Waals surface area contributed by atoms with E-state index in [-0.39, 0.29) is 5.91 Å². The fraction of sp³-hybridized carbons (Fsp3) is 0.316. The Balaban J connectivity index is 1.95. The zero-order valence-electron chi connectivity index (χ0n) is 14.9. The van der Waals surface area contributed by atoms with E-state index >= 15 is 0 Å². The number of carbonyl (C=O) groups excluding carboxylic acids is 1. The minimum atomic E-state index is -0.177. The number of hydrogen-bond acceptors (Lipinski definition) is 5. The number of ether oxygens (including phenoxy) is 3. The molecule has 0 atom stereocenters. The third-order valence-corrected chi connectivity index (χ3v) is 4.62. The molecule has 0 aliphatic rings. The third-order valence-electron chi connectivity index (χ3n) is 3.60. The van der Waals surface area contributed by atoms with Crippen molar-refractivity contribution in [3.05, 3.63) is 47.5 Å². The lowest BCUT2D eigenvalue weighted by Crippen LogP contribution is -2.25. The van der Waals surface area contributed by atoms with Gasteiger partial charge in [0, 0.05) is 22.8 Å². The van der Waals surface area contributed by atoms with Crippen molar-refractivity contribution in [2.24, 2.45) is 0 Å². The lowest BCUT2D eigenvalue weighted by Gasteiger charge is -2.14. The van der Waals surface area contributed by atoms with Crippen LogP contribution in [0, 0.1) is 6.92 Å². The fourth-order valence-corrected chi connectivity index (χ4v) is 3.05. The molecule has 0 fully saturated rings. The first-order valence-corrected chi connectivity index (χ1v) is 8.85. The van der Waals surface area contributed by atoms with E-state index < -0.39 is 0 Å². The molecule has 0 spiro atoms. The van der Waals surface area contributed by atoms with E-state index in [1.54, 1.807) is 23.9 Å². The summed E-state index contributed by atoms with van der Waals surface area (Å²) in [6.07, 6.45) is 0. The molecule has 5 nitrogen and oxygen atoms in total. The number of benzene rings is 2. The fourth-order valence-electron chi connectivity index (χ4n) is 2.28. The highest BCUT2D eigenvalue weighted by atomic mass is 32.2. The molecule has 25 heavy (non-hydrogen) atoms. The lowest BCUT2D eigenvalue weighted by molar-refractivity contribution is 0.0955. The maximum Gasteiger partial charge on any atom is 0.251 e. The molecule has 0 aliphatic carbocycles. The highest BCUT2D eigenvalue weighted by Gasteiger charge is 2.16. The van der Waals surface area contributed by atoms with Gasteiger partial charge in [0.25, 0.3) is 5.91 Å². The normalized spacial score (nSPS) is 10.2. The second kappa shape index (κ2) is 9.22. The summed E-state index contributed by atoms with van der Waals surface area (Å²) < 4.78 is 15.8. The summed E-state index contributed by atoms with van der Waals surface area (Å²) in [6, 6.07) is 11.6. The summed E-state index contributed by atoms with van der Waals surface area (Å²) in [5.74, 6) is 2.00. The molecule has 2 aromatic carbocycles. The van der Waals surface area contributed by atoms with Gasteiger partial charge in [0.15, 0.2) is 11.5 Å². The Hall–Kier alpha value is -2.34. The van der Waals surface area contributed by atoms with Crippen molar-refractivity contribution in [1.29, 1.82) is 0 Å². The molecule has 134 valence electrons. The smallest absolute Gasteiger partial charge is 0.251 e. The van der Waals surface area contributed by atoms with E-state index in [1.807, 2.05) is 0 Å². The summed E-state index contributed by atoms with van der Waals surface area (Å²) in [5.41, 5.74) is 1.70. The molecular weight excluding hydrogens is 338 g/mol. The van der Waals surface area contributed by atoms with E-state index in [1.165, 1.54) is 31.8 Å². The van der Waals surface area contributed by atoms with Crippen molar-refractivity contribution in [3.8, 4) is 17.2 Å². The average Bonchev–Trinajstić information content (AvgIpc) is 2.65. The highest BCUT2D eigenvalue weighted by Crippen LogP contribution is 2.38. The predicted molar refractivity (Wildman–Crippen MR) is 100 cm³/mol. The van der Waals surface area contributed by atoms with Gasteiger partial charge in [-0.15, -0.1) is 11.8 Å². The van der Waals surface area contributed by atoms with Gasteiger partial charge in [0.05, 0.1) is 21.3 Å². The van der Waals surface area contributed by atoms with Crippen LogP contribution >= 0.6 is 11.8 Å². The average molecular weight is 361 g/mol. The molecule has 1 N–H and O–H groups in total. The molecule has 0 bridgehead atoms. The molecule has 2 aromatic rings. The SMILES string of the molecule is COc1cc(C(=O)NCCSc2ccc(C)cc2)cc(OC)c1OC. The molecule has 0 heterocycles. The predicted octanol–water partition coefficient (Wildman–Crippen LogP) is 3.54. The summed E-state index contributed by atoms with van der Waals surface area (Å²) in [5, 5.41) is 2.91. The number of hydrogen-bond donors (Lipinski definition) is 1. The van der Waals surface area contributed by atoms with Crippen molar-refractivity contribution in [2.75, 3.05) is 33.6 Å². The van der Waals surface area contributed by atoms with Crippen LogP contribution in [0.1, 0.15) is 15.9 Å². The van der Waals surface area contributed by atoms with E-state index in [0.29, 0.717) is 29.4 Å². The van der Waals surface area contributed by atoms with Gasteiger partial charge in [-0.3, -0.25) is 4.79 Å². The summed E-state index contributed by atoms with van der Waals surface area (Å²) in [4.78, 5) is 13.6. The Morgan fingerprint density at radius 2 is 1.60 bits per heavy atom. The first kappa shape index (κ1) is 19.0. The quantitative estimate of drug-likeness (QED) is 0.576. The molecule has 2 rings (SSSR count). The molecule has 0 radical (unpaired) electrons. The molecular formula is C19H23NO4S. The van der Waals surface area contributed by atoms with E-state index in [4.69, 9.17) is 14.2 Å². The maximum absolute atomic E-state index is 12.4. The van der Waals surface area contributed by atoms with E-state index in [0.717, 1.165) is 5.75 Å². The number of carbonyl (C=O) groups is 1. The summed E-state index contributed by atoms with van der Waals surface area (Å²) in [7, 11) is 4.58. The van der Waals surface area contributed by atoms with Gasteiger partial charge >= 0.3 is 0 Å². The van der Waals surface area contributed by atoms with Crippen LogP contribution in [-0.2, 0) is 0 Å². The maximum atomic E-state index is 12.4. The second-order valence-corrected chi connectivity index (χ2v) is 6.50. The van der Waals surface area contributed by atoms with E-state index in [9.17, 15) is 4.79 Å². The molecule has 0 aromatic heterocycles. The third kappa shape index (κ3) is 5.06. The Labute approximate surface area is 152 Å². The monoisotopic (exact) mass is 361 g/mol. The number of nitrogens with one attached hydrogen (secondary N) is 1. The first-order valence-electron chi connectivity index (χ1n) is 7.86. The van der Waals surface area contributed by atoms with Crippen LogP contribution in [0.15, 0.2) is 41.3 Å². The van der Waals surface area contributed by atoms with Crippen LogP contribution in [0.2, 0.25) is 0 Å². The molecule has 6 heteroatoms. The Kier molecular flexibility index (Phi) is 7.01. The zero-order valence-corrected chi connectivity index (χ0v) is 15.7. The van der Waals surface area contributed by atoms with Crippen molar-refractivity contribution in [1.82, 2.24) is 5.32 Å². The Morgan fingerprint density at radius 3 is 2.12 bits per heavy atom. The van der Waals surface area contributed by atoms with Crippen LogP contribution in [0.4, 0.5) is 0 Å². The summed E-state index contributed by atoms with van der Waals surface area (Å²) in [6.45, 7) is 2.63. The van der Waals surface area contributed by atoms with Crippen molar-refractivity contribution < 1.29 is 19.0 Å². The Morgan fingerprint density at radius 1 is 1.00 bits per heavy atom. The van der Waals surface area contributed by atoms with Gasteiger partial charge in [-0.1, -0.05) is 17.7 Å². The molecule has 0 aliphatic heterocycles. The topological polar surface area (TPSA) is 56.8 Å². The standard InChI is InChI=1S/C19H23NO4S/c1-13-5-7-15(8-6-13)25-10-9-20-19(21)14-11-16(22-2)18(24-4)17(12-14)23-3/h5-8,11-12H,9-10H2,1-4H3,(H,20,21). The first-order chi connectivity index (χ1) is 12.1. The van der Waals surface area contributed by atoms with Crippen molar-refractivity contribution in [3.63, 3.8) is 0 Å².